The zero-order valence-electron chi connectivity index (χ0n) is 8.00. The van der Waals surface area contributed by atoms with Crippen LogP contribution in [0.5, 0.6) is 0 Å². The van der Waals surface area contributed by atoms with Gasteiger partial charge in [0.2, 0.25) is 0 Å². The summed E-state index contributed by atoms with van der Waals surface area (Å²) in [5.74, 6) is 0. The van der Waals surface area contributed by atoms with Crippen LogP contribution in [0.1, 0.15) is 11.1 Å². The Labute approximate surface area is 81.6 Å². The van der Waals surface area contributed by atoms with E-state index in [9.17, 15) is 4.79 Å². The molecule has 3 nitrogen and oxygen atoms in total. The highest BCUT2D eigenvalue weighted by Crippen LogP contribution is 2.16. The lowest BCUT2D eigenvalue weighted by molar-refractivity contribution is 1.04. The van der Waals surface area contributed by atoms with Gasteiger partial charge in [-0.05, 0) is 18.6 Å². The van der Waals surface area contributed by atoms with Crippen molar-refractivity contribution in [3.05, 3.63) is 45.7 Å². The Hall–Kier alpha value is -1.61. The SMILES string of the molecule is Cc1c(CN)c2ccccc2[nH]c1=O. The highest BCUT2D eigenvalue weighted by Gasteiger charge is 2.05. The molecule has 0 saturated carbocycles. The zero-order chi connectivity index (χ0) is 10.1. The molecular weight excluding hydrogens is 176 g/mol. The average molecular weight is 188 g/mol. The van der Waals surface area contributed by atoms with Crippen LogP contribution in [-0.2, 0) is 6.54 Å². The molecule has 0 saturated heterocycles. The van der Waals surface area contributed by atoms with Crippen LogP contribution in [0.2, 0.25) is 0 Å². The van der Waals surface area contributed by atoms with E-state index in [-0.39, 0.29) is 5.56 Å². The molecule has 1 aromatic heterocycles. The third-order valence-corrected chi connectivity index (χ3v) is 2.50. The first-order chi connectivity index (χ1) is 6.74. The number of aromatic nitrogens is 1. The van der Waals surface area contributed by atoms with Gasteiger partial charge in [0.25, 0.3) is 5.56 Å². The average Bonchev–Trinajstić information content (AvgIpc) is 2.20. The van der Waals surface area contributed by atoms with E-state index in [0.717, 1.165) is 16.5 Å². The van der Waals surface area contributed by atoms with Gasteiger partial charge in [0, 0.05) is 23.0 Å². The Balaban J connectivity index is 2.96. The van der Waals surface area contributed by atoms with Crippen LogP contribution >= 0.6 is 0 Å². The summed E-state index contributed by atoms with van der Waals surface area (Å²) in [6.45, 7) is 2.20. The van der Waals surface area contributed by atoms with Crippen molar-refractivity contribution in [1.29, 1.82) is 0 Å². The second kappa shape index (κ2) is 3.27. The van der Waals surface area contributed by atoms with Gasteiger partial charge in [0.15, 0.2) is 0 Å². The van der Waals surface area contributed by atoms with E-state index >= 15 is 0 Å². The molecule has 0 atom stereocenters. The Morgan fingerprint density at radius 3 is 2.79 bits per heavy atom. The third kappa shape index (κ3) is 1.22. The number of benzene rings is 1. The van der Waals surface area contributed by atoms with Crippen LogP contribution in [0.4, 0.5) is 0 Å². The van der Waals surface area contributed by atoms with E-state index in [1.54, 1.807) is 6.92 Å². The van der Waals surface area contributed by atoms with Crippen molar-refractivity contribution in [2.75, 3.05) is 0 Å². The number of fused-ring (bicyclic) bond motifs is 1. The van der Waals surface area contributed by atoms with Gasteiger partial charge >= 0.3 is 0 Å². The van der Waals surface area contributed by atoms with Gasteiger partial charge in [0.1, 0.15) is 0 Å². The Bertz CT molecular complexity index is 528. The van der Waals surface area contributed by atoms with Gasteiger partial charge in [-0.1, -0.05) is 18.2 Å². The molecular formula is C11H12N2O. The zero-order valence-corrected chi connectivity index (χ0v) is 8.00. The van der Waals surface area contributed by atoms with E-state index < -0.39 is 0 Å². The van der Waals surface area contributed by atoms with E-state index in [2.05, 4.69) is 4.98 Å². The van der Waals surface area contributed by atoms with E-state index in [1.807, 2.05) is 24.3 Å². The Kier molecular flexibility index (Phi) is 2.09. The van der Waals surface area contributed by atoms with Crippen molar-refractivity contribution in [3.63, 3.8) is 0 Å². The van der Waals surface area contributed by atoms with Crippen molar-refractivity contribution in [2.45, 2.75) is 13.5 Å². The summed E-state index contributed by atoms with van der Waals surface area (Å²) in [5, 5.41) is 1.03. The lowest BCUT2D eigenvalue weighted by Crippen LogP contribution is -2.14. The Morgan fingerprint density at radius 2 is 2.07 bits per heavy atom. The quantitative estimate of drug-likeness (QED) is 0.708. The number of para-hydroxylation sites is 1. The standard InChI is InChI=1S/C11H12N2O/c1-7-9(6-12)8-4-2-3-5-10(8)13-11(7)14/h2-5H,6,12H2,1H3,(H,13,14). The van der Waals surface area contributed by atoms with E-state index in [1.165, 1.54) is 0 Å². The molecule has 0 aliphatic carbocycles. The largest absolute Gasteiger partial charge is 0.326 e. The minimum atomic E-state index is -0.0517. The summed E-state index contributed by atoms with van der Waals surface area (Å²) in [5.41, 5.74) is 8.08. The van der Waals surface area contributed by atoms with Gasteiger partial charge in [-0.2, -0.15) is 0 Å². The van der Waals surface area contributed by atoms with Crippen molar-refractivity contribution >= 4 is 10.9 Å². The fourth-order valence-electron chi connectivity index (χ4n) is 1.67. The van der Waals surface area contributed by atoms with Crippen LogP contribution in [0.3, 0.4) is 0 Å². The van der Waals surface area contributed by atoms with Crippen LogP contribution in [0, 0.1) is 6.92 Å². The molecule has 0 amide bonds. The number of pyridine rings is 1. The monoisotopic (exact) mass is 188 g/mol. The molecule has 3 N–H and O–H groups in total. The minimum Gasteiger partial charge on any atom is -0.326 e. The number of hydrogen-bond acceptors (Lipinski definition) is 2. The first kappa shape index (κ1) is 8.97. The highest BCUT2D eigenvalue weighted by atomic mass is 16.1. The summed E-state index contributed by atoms with van der Waals surface area (Å²) >= 11 is 0. The topological polar surface area (TPSA) is 58.9 Å². The summed E-state index contributed by atoms with van der Waals surface area (Å²) < 4.78 is 0. The number of hydrogen-bond donors (Lipinski definition) is 2. The molecule has 0 radical (unpaired) electrons. The minimum absolute atomic E-state index is 0.0517. The van der Waals surface area contributed by atoms with E-state index in [0.29, 0.717) is 12.1 Å². The molecule has 14 heavy (non-hydrogen) atoms. The van der Waals surface area contributed by atoms with Crippen molar-refractivity contribution < 1.29 is 0 Å². The van der Waals surface area contributed by atoms with Gasteiger partial charge in [0.05, 0.1) is 0 Å². The normalized spacial score (nSPS) is 10.7. The lowest BCUT2D eigenvalue weighted by Gasteiger charge is -2.06. The second-order valence-corrected chi connectivity index (χ2v) is 3.31. The van der Waals surface area contributed by atoms with Crippen molar-refractivity contribution in [2.24, 2.45) is 5.73 Å². The molecule has 1 heterocycles. The van der Waals surface area contributed by atoms with Gasteiger partial charge in [-0.15, -0.1) is 0 Å². The summed E-state index contributed by atoms with van der Waals surface area (Å²) in [6.07, 6.45) is 0. The van der Waals surface area contributed by atoms with Gasteiger partial charge in [-0.3, -0.25) is 4.79 Å². The molecule has 0 spiro atoms. The molecule has 3 heteroatoms. The molecule has 72 valence electrons. The predicted molar refractivity (Wildman–Crippen MR) is 57.2 cm³/mol. The van der Waals surface area contributed by atoms with Crippen LogP contribution < -0.4 is 11.3 Å². The first-order valence-electron chi connectivity index (χ1n) is 4.54. The molecule has 0 bridgehead atoms. The molecule has 0 fully saturated rings. The summed E-state index contributed by atoms with van der Waals surface area (Å²) in [7, 11) is 0. The molecule has 0 aliphatic heterocycles. The van der Waals surface area contributed by atoms with Gasteiger partial charge in [-0.25, -0.2) is 0 Å². The van der Waals surface area contributed by atoms with Crippen LogP contribution in [0.25, 0.3) is 10.9 Å². The number of rotatable bonds is 1. The fourth-order valence-corrected chi connectivity index (χ4v) is 1.67. The lowest BCUT2D eigenvalue weighted by atomic mass is 10.0. The van der Waals surface area contributed by atoms with Crippen LogP contribution in [-0.4, -0.2) is 4.98 Å². The number of nitrogens with one attached hydrogen (secondary N) is 1. The van der Waals surface area contributed by atoms with Crippen molar-refractivity contribution in [1.82, 2.24) is 4.98 Å². The third-order valence-electron chi connectivity index (χ3n) is 2.50. The van der Waals surface area contributed by atoms with E-state index in [4.69, 9.17) is 5.73 Å². The highest BCUT2D eigenvalue weighted by molar-refractivity contribution is 5.82. The predicted octanol–water partition coefficient (Wildman–Crippen LogP) is 1.30. The molecule has 2 rings (SSSR count). The maximum absolute atomic E-state index is 11.5. The smallest absolute Gasteiger partial charge is 0.251 e. The second-order valence-electron chi connectivity index (χ2n) is 3.31. The first-order valence-corrected chi connectivity index (χ1v) is 4.54. The summed E-state index contributed by atoms with van der Waals surface area (Å²) in [4.78, 5) is 14.3. The number of nitrogens with two attached hydrogens (primary N) is 1. The maximum atomic E-state index is 11.5. The molecule has 0 unspecified atom stereocenters. The number of H-pyrrole nitrogens is 1. The molecule has 1 aromatic carbocycles. The summed E-state index contributed by atoms with van der Waals surface area (Å²) in [6, 6.07) is 7.70. The number of aromatic amines is 1. The molecule has 0 aliphatic rings. The molecule has 2 aromatic rings. The maximum Gasteiger partial charge on any atom is 0.251 e. The fraction of sp³-hybridized carbons (Fsp3) is 0.182. The van der Waals surface area contributed by atoms with Crippen LogP contribution in [0.15, 0.2) is 29.1 Å². The van der Waals surface area contributed by atoms with Gasteiger partial charge < -0.3 is 10.7 Å². The Morgan fingerprint density at radius 1 is 1.36 bits per heavy atom. The van der Waals surface area contributed by atoms with Crippen molar-refractivity contribution in [3.8, 4) is 0 Å².